The highest BCUT2D eigenvalue weighted by atomic mass is 32.2. The summed E-state index contributed by atoms with van der Waals surface area (Å²) < 4.78 is 29.3. The molecule has 114 valence electrons. The van der Waals surface area contributed by atoms with E-state index in [1.807, 2.05) is 12.1 Å². The van der Waals surface area contributed by atoms with Crippen LogP contribution in [0, 0.1) is 0 Å². The Morgan fingerprint density at radius 1 is 1.38 bits per heavy atom. The van der Waals surface area contributed by atoms with E-state index in [4.69, 9.17) is 10.5 Å². The Balaban J connectivity index is 1.88. The predicted octanol–water partition coefficient (Wildman–Crippen LogP) is 0.832. The summed E-state index contributed by atoms with van der Waals surface area (Å²) in [6, 6.07) is 4.99. The second-order valence-electron chi connectivity index (χ2n) is 5.52. The van der Waals surface area contributed by atoms with Gasteiger partial charge in [0.05, 0.1) is 19.0 Å². The number of primary amides is 1. The Kier molecular flexibility index (Phi) is 3.62. The van der Waals surface area contributed by atoms with Crippen LogP contribution in [0.2, 0.25) is 0 Å². The third-order valence-corrected chi connectivity index (χ3v) is 6.04. The van der Waals surface area contributed by atoms with Crippen LogP contribution in [-0.4, -0.2) is 39.5 Å². The zero-order valence-corrected chi connectivity index (χ0v) is 12.4. The molecular weight excluding hydrogens is 292 g/mol. The van der Waals surface area contributed by atoms with Crippen LogP contribution in [0.1, 0.15) is 17.5 Å². The molecule has 1 aromatic rings. The normalized spacial score (nSPS) is 19.0. The Morgan fingerprint density at radius 3 is 2.76 bits per heavy atom. The van der Waals surface area contributed by atoms with E-state index in [9.17, 15) is 13.2 Å². The highest BCUT2D eigenvalue weighted by Crippen LogP contribution is 2.29. The number of nitrogens with zero attached hydrogens (tertiary/aromatic N) is 1. The minimum atomic E-state index is -3.20. The van der Waals surface area contributed by atoms with Gasteiger partial charge in [-0.2, -0.15) is 0 Å². The average Bonchev–Trinajstić information content (AvgIpc) is 2.34. The smallest absolute Gasteiger partial charge is 0.319 e. The molecule has 2 amide bonds. The number of urea groups is 1. The van der Waals surface area contributed by atoms with Crippen molar-refractivity contribution < 1.29 is 17.9 Å². The first-order valence-electron chi connectivity index (χ1n) is 6.95. The van der Waals surface area contributed by atoms with Crippen molar-refractivity contribution in [1.29, 1.82) is 0 Å². The van der Waals surface area contributed by atoms with Crippen LogP contribution in [0.5, 0.6) is 0 Å². The molecule has 0 aliphatic carbocycles. The maximum atomic E-state index is 12.2. The minimum Gasteiger partial charge on any atom is -0.379 e. The lowest BCUT2D eigenvalue weighted by Crippen LogP contribution is -2.41. The number of nitrogens with two attached hydrogens (primary N) is 1. The number of hydrogen-bond acceptors (Lipinski definition) is 4. The van der Waals surface area contributed by atoms with Gasteiger partial charge in [-0.3, -0.25) is 4.90 Å². The van der Waals surface area contributed by atoms with Crippen LogP contribution in [0.3, 0.4) is 0 Å². The van der Waals surface area contributed by atoms with Gasteiger partial charge in [-0.1, -0.05) is 12.1 Å². The van der Waals surface area contributed by atoms with Gasteiger partial charge in [-0.25, -0.2) is 13.2 Å². The number of ether oxygens (including phenoxy) is 1. The third kappa shape index (κ3) is 2.75. The summed E-state index contributed by atoms with van der Waals surface area (Å²) in [6.07, 6.45) is 1.75. The molecule has 0 atom stereocenters. The van der Waals surface area contributed by atoms with Crippen LogP contribution < -0.4 is 10.6 Å². The molecule has 0 saturated carbocycles. The van der Waals surface area contributed by atoms with E-state index in [0.29, 0.717) is 12.1 Å². The topological polar surface area (TPSA) is 89.7 Å². The molecule has 1 fully saturated rings. The molecule has 0 aromatic heterocycles. The molecule has 2 N–H and O–H groups in total. The van der Waals surface area contributed by atoms with Gasteiger partial charge in [0, 0.05) is 12.2 Å². The highest BCUT2D eigenvalue weighted by Gasteiger charge is 2.32. The van der Waals surface area contributed by atoms with Gasteiger partial charge in [0.15, 0.2) is 9.84 Å². The Hall–Kier alpha value is -1.60. The molecule has 1 aromatic carbocycles. The van der Waals surface area contributed by atoms with E-state index in [1.54, 1.807) is 6.07 Å². The first kappa shape index (κ1) is 14.3. The van der Waals surface area contributed by atoms with Crippen molar-refractivity contribution in [2.45, 2.75) is 23.8 Å². The van der Waals surface area contributed by atoms with Crippen LogP contribution in [0.25, 0.3) is 0 Å². The lowest BCUT2D eigenvalue weighted by atomic mass is 10.0. The molecule has 0 unspecified atom stereocenters. The zero-order chi connectivity index (χ0) is 15.0. The van der Waals surface area contributed by atoms with Crippen molar-refractivity contribution >= 4 is 21.6 Å². The van der Waals surface area contributed by atoms with Gasteiger partial charge in [0.1, 0.15) is 5.25 Å². The second-order valence-corrected chi connectivity index (χ2v) is 7.80. The van der Waals surface area contributed by atoms with Crippen LogP contribution >= 0.6 is 0 Å². The number of carbonyl (C=O) groups excluding carboxylic acids is 1. The van der Waals surface area contributed by atoms with Crippen molar-refractivity contribution in [2.75, 3.05) is 24.7 Å². The third-order valence-electron chi connectivity index (χ3n) is 4.02. The lowest BCUT2D eigenvalue weighted by Gasteiger charge is -2.29. The van der Waals surface area contributed by atoms with Gasteiger partial charge >= 0.3 is 6.03 Å². The number of aryl methyl sites for hydroxylation is 1. The number of fused-ring (bicyclic) bond motifs is 1. The standard InChI is InChI=1S/C14H18N2O4S/c15-14(17)16-5-1-2-11-4-3-10(6-13(11)16)9-21(18,19)12-7-20-8-12/h3-4,6,12H,1-2,5,7-9H2,(H2,15,17). The number of rotatable bonds is 3. The molecule has 2 heterocycles. The summed E-state index contributed by atoms with van der Waals surface area (Å²) >= 11 is 0. The van der Waals surface area contributed by atoms with Gasteiger partial charge in [0.25, 0.3) is 0 Å². The molecule has 7 heteroatoms. The van der Waals surface area contributed by atoms with Gasteiger partial charge in [-0.05, 0) is 30.0 Å². The molecule has 3 rings (SSSR count). The Morgan fingerprint density at radius 2 is 2.14 bits per heavy atom. The van der Waals surface area contributed by atoms with Crippen LogP contribution in [0.15, 0.2) is 18.2 Å². The molecule has 1 saturated heterocycles. The number of carbonyl (C=O) groups is 1. The first-order chi connectivity index (χ1) is 9.97. The van der Waals surface area contributed by atoms with E-state index < -0.39 is 21.1 Å². The summed E-state index contributed by atoms with van der Waals surface area (Å²) in [5.74, 6) is -0.0269. The molecular formula is C14H18N2O4S. The number of sulfone groups is 1. The average molecular weight is 310 g/mol. The zero-order valence-electron chi connectivity index (χ0n) is 11.6. The Bertz CT molecular complexity index is 668. The second kappa shape index (κ2) is 5.31. The van der Waals surface area contributed by atoms with Crippen molar-refractivity contribution in [3.63, 3.8) is 0 Å². The highest BCUT2D eigenvalue weighted by molar-refractivity contribution is 7.91. The van der Waals surface area contributed by atoms with Crippen molar-refractivity contribution in [1.82, 2.24) is 0 Å². The maximum Gasteiger partial charge on any atom is 0.319 e. The fourth-order valence-electron chi connectivity index (χ4n) is 2.71. The first-order valence-corrected chi connectivity index (χ1v) is 8.67. The van der Waals surface area contributed by atoms with Crippen molar-refractivity contribution in [2.24, 2.45) is 5.73 Å². The molecule has 0 radical (unpaired) electrons. The molecule has 2 aliphatic rings. The Labute approximate surface area is 123 Å². The fourth-order valence-corrected chi connectivity index (χ4v) is 4.20. The van der Waals surface area contributed by atoms with Crippen LogP contribution in [0.4, 0.5) is 10.5 Å². The minimum absolute atomic E-state index is 0.0269. The van der Waals surface area contributed by atoms with E-state index in [1.165, 1.54) is 4.90 Å². The van der Waals surface area contributed by atoms with Gasteiger partial charge < -0.3 is 10.5 Å². The van der Waals surface area contributed by atoms with Crippen molar-refractivity contribution in [3.05, 3.63) is 29.3 Å². The van der Waals surface area contributed by atoms with Crippen LogP contribution in [-0.2, 0) is 26.7 Å². The van der Waals surface area contributed by atoms with Crippen molar-refractivity contribution in [3.8, 4) is 0 Å². The molecule has 2 aliphatic heterocycles. The summed E-state index contributed by atoms with van der Waals surface area (Å²) in [6.45, 7) is 1.14. The molecule has 21 heavy (non-hydrogen) atoms. The summed E-state index contributed by atoms with van der Waals surface area (Å²) in [5.41, 5.74) is 7.86. The van der Waals surface area contributed by atoms with Gasteiger partial charge in [-0.15, -0.1) is 0 Å². The quantitative estimate of drug-likeness (QED) is 0.895. The fraction of sp³-hybridized carbons (Fsp3) is 0.500. The van der Waals surface area contributed by atoms with E-state index in [2.05, 4.69) is 0 Å². The van der Waals surface area contributed by atoms with Gasteiger partial charge in [0.2, 0.25) is 0 Å². The molecule has 6 nitrogen and oxygen atoms in total. The summed E-state index contributed by atoms with van der Waals surface area (Å²) in [5, 5.41) is -0.402. The number of amides is 2. The monoisotopic (exact) mass is 310 g/mol. The predicted molar refractivity (Wildman–Crippen MR) is 78.9 cm³/mol. The number of anilines is 1. The lowest BCUT2D eigenvalue weighted by molar-refractivity contribution is 0.0415. The molecule has 0 spiro atoms. The number of hydrogen-bond donors (Lipinski definition) is 1. The van der Waals surface area contributed by atoms with E-state index in [0.717, 1.165) is 24.1 Å². The van der Waals surface area contributed by atoms with E-state index >= 15 is 0 Å². The van der Waals surface area contributed by atoms with E-state index in [-0.39, 0.29) is 19.0 Å². The number of benzene rings is 1. The molecule has 0 bridgehead atoms. The largest absolute Gasteiger partial charge is 0.379 e. The summed E-state index contributed by atoms with van der Waals surface area (Å²) in [4.78, 5) is 13.0. The maximum absolute atomic E-state index is 12.2. The SMILES string of the molecule is NC(=O)N1CCCc2ccc(CS(=O)(=O)C3COC3)cc21. The summed E-state index contributed by atoms with van der Waals surface area (Å²) in [7, 11) is -3.20.